The summed E-state index contributed by atoms with van der Waals surface area (Å²) in [4.78, 5) is 37.0. The molecule has 3 heteroatoms. The summed E-state index contributed by atoms with van der Waals surface area (Å²) in [5, 5.41) is 0. The third-order valence-corrected chi connectivity index (χ3v) is 6.64. The minimum Gasteiger partial charge on any atom is -0.300 e. The van der Waals surface area contributed by atoms with Crippen molar-refractivity contribution in [2.45, 2.75) is 86.5 Å². The molecular weight excluding hydrogens is 348 g/mol. The van der Waals surface area contributed by atoms with Crippen LogP contribution in [0.3, 0.4) is 0 Å². The van der Waals surface area contributed by atoms with E-state index < -0.39 is 0 Å². The summed E-state index contributed by atoms with van der Waals surface area (Å²) >= 11 is 0. The molecule has 0 bridgehead atoms. The SMILES string of the molecule is CCCC(CC1CC(=O)c2c(cc(C)c(C)c2C)C1)C(CC)C(=O)CC(C)=O. The van der Waals surface area contributed by atoms with Gasteiger partial charge in [0.15, 0.2) is 5.78 Å². The molecule has 0 radical (unpaired) electrons. The van der Waals surface area contributed by atoms with Crippen molar-refractivity contribution in [3.8, 4) is 0 Å². The Kier molecular flexibility index (Phi) is 7.74. The number of ketones is 3. The smallest absolute Gasteiger partial charge is 0.163 e. The standard InChI is InChI=1S/C25H36O3/c1-7-9-20(22(8-2)23(27)11-16(4)26)12-19-13-21-10-15(3)17(5)18(6)25(21)24(28)14-19/h10,19-20,22H,7-9,11-14H2,1-6H3. The van der Waals surface area contributed by atoms with Gasteiger partial charge < -0.3 is 0 Å². The van der Waals surface area contributed by atoms with Crippen molar-refractivity contribution >= 4 is 17.3 Å². The van der Waals surface area contributed by atoms with Crippen LogP contribution in [0.15, 0.2) is 6.07 Å². The van der Waals surface area contributed by atoms with E-state index in [1.165, 1.54) is 23.6 Å². The Hall–Kier alpha value is -1.77. The first-order chi connectivity index (χ1) is 13.2. The maximum absolute atomic E-state index is 12.9. The molecule has 0 heterocycles. The van der Waals surface area contributed by atoms with Gasteiger partial charge in [0.05, 0.1) is 6.42 Å². The van der Waals surface area contributed by atoms with Crippen molar-refractivity contribution in [1.29, 1.82) is 0 Å². The molecule has 0 spiro atoms. The Bertz CT molecular complexity index is 760. The van der Waals surface area contributed by atoms with Crippen molar-refractivity contribution in [3.05, 3.63) is 33.9 Å². The van der Waals surface area contributed by atoms with Crippen LogP contribution in [0.5, 0.6) is 0 Å². The van der Waals surface area contributed by atoms with Crippen LogP contribution in [0.25, 0.3) is 0 Å². The lowest BCUT2D eigenvalue weighted by Gasteiger charge is -2.32. The molecule has 0 aliphatic heterocycles. The molecule has 0 N–H and O–H groups in total. The molecule has 1 aromatic carbocycles. The second kappa shape index (κ2) is 9.62. The van der Waals surface area contributed by atoms with Gasteiger partial charge in [0.25, 0.3) is 0 Å². The Labute approximate surface area is 170 Å². The topological polar surface area (TPSA) is 51.2 Å². The van der Waals surface area contributed by atoms with Crippen LogP contribution in [0.1, 0.15) is 91.9 Å². The summed E-state index contributed by atoms with van der Waals surface area (Å²) < 4.78 is 0. The van der Waals surface area contributed by atoms with Crippen molar-refractivity contribution < 1.29 is 14.4 Å². The van der Waals surface area contributed by atoms with Crippen molar-refractivity contribution in [2.75, 3.05) is 0 Å². The summed E-state index contributed by atoms with van der Waals surface area (Å²) in [7, 11) is 0. The average Bonchev–Trinajstić information content (AvgIpc) is 2.59. The van der Waals surface area contributed by atoms with Crippen molar-refractivity contribution in [1.82, 2.24) is 0 Å². The van der Waals surface area contributed by atoms with Crippen LogP contribution in [0.4, 0.5) is 0 Å². The van der Waals surface area contributed by atoms with Gasteiger partial charge in [-0.3, -0.25) is 14.4 Å². The molecule has 0 amide bonds. The highest BCUT2D eigenvalue weighted by molar-refractivity contribution is 6.00. The molecule has 0 fully saturated rings. The van der Waals surface area contributed by atoms with Crippen LogP contribution >= 0.6 is 0 Å². The highest BCUT2D eigenvalue weighted by Gasteiger charge is 2.33. The zero-order valence-corrected chi connectivity index (χ0v) is 18.5. The minimum atomic E-state index is -0.0677. The fourth-order valence-corrected chi connectivity index (χ4v) is 5.11. The number of rotatable bonds is 9. The number of benzene rings is 1. The summed E-state index contributed by atoms with van der Waals surface area (Å²) in [5.41, 5.74) is 5.71. The number of Topliss-reactive ketones (excluding diaryl/α,β-unsaturated/α-hetero) is 3. The second-order valence-electron chi connectivity index (χ2n) is 8.82. The summed E-state index contributed by atoms with van der Waals surface area (Å²) in [6.45, 7) is 11.9. The first kappa shape index (κ1) is 22.5. The largest absolute Gasteiger partial charge is 0.300 e. The van der Waals surface area contributed by atoms with E-state index in [1.807, 2.05) is 6.92 Å². The molecular formula is C25H36O3. The number of aryl methyl sites for hydroxylation is 1. The van der Waals surface area contributed by atoms with Gasteiger partial charge in [0.2, 0.25) is 0 Å². The van der Waals surface area contributed by atoms with Gasteiger partial charge in [-0.1, -0.05) is 32.8 Å². The average molecular weight is 385 g/mol. The molecule has 1 aliphatic carbocycles. The first-order valence-electron chi connectivity index (χ1n) is 10.8. The van der Waals surface area contributed by atoms with Crippen molar-refractivity contribution in [2.24, 2.45) is 17.8 Å². The molecule has 1 aliphatic rings. The van der Waals surface area contributed by atoms with Crippen LogP contribution in [-0.4, -0.2) is 17.3 Å². The fourth-order valence-electron chi connectivity index (χ4n) is 5.11. The molecule has 3 nitrogen and oxygen atoms in total. The lowest BCUT2D eigenvalue weighted by atomic mass is 9.71. The Morgan fingerprint density at radius 1 is 1.11 bits per heavy atom. The molecule has 3 atom stereocenters. The molecule has 154 valence electrons. The van der Waals surface area contributed by atoms with E-state index in [-0.39, 0.29) is 41.5 Å². The zero-order valence-electron chi connectivity index (χ0n) is 18.5. The molecule has 0 saturated carbocycles. The maximum atomic E-state index is 12.9. The van der Waals surface area contributed by atoms with Crippen LogP contribution in [0.2, 0.25) is 0 Å². The normalized spacial score (nSPS) is 18.5. The molecule has 0 saturated heterocycles. The number of hydrogen-bond acceptors (Lipinski definition) is 3. The first-order valence-corrected chi connectivity index (χ1v) is 10.8. The van der Waals surface area contributed by atoms with E-state index in [0.717, 1.165) is 43.2 Å². The molecule has 28 heavy (non-hydrogen) atoms. The van der Waals surface area contributed by atoms with Gasteiger partial charge in [-0.25, -0.2) is 0 Å². The predicted octanol–water partition coefficient (Wildman–Crippen LogP) is 5.74. The molecule has 2 rings (SSSR count). The Balaban J connectivity index is 2.23. The highest BCUT2D eigenvalue weighted by atomic mass is 16.1. The van der Waals surface area contributed by atoms with E-state index in [1.54, 1.807) is 0 Å². The van der Waals surface area contributed by atoms with Gasteiger partial charge in [-0.15, -0.1) is 0 Å². The van der Waals surface area contributed by atoms with E-state index in [0.29, 0.717) is 6.42 Å². The van der Waals surface area contributed by atoms with Crippen LogP contribution in [-0.2, 0) is 16.0 Å². The fraction of sp³-hybridized carbons (Fsp3) is 0.640. The van der Waals surface area contributed by atoms with Gasteiger partial charge in [0, 0.05) is 17.9 Å². The van der Waals surface area contributed by atoms with Gasteiger partial charge in [0.1, 0.15) is 11.6 Å². The lowest BCUT2D eigenvalue weighted by molar-refractivity contribution is -0.129. The maximum Gasteiger partial charge on any atom is 0.163 e. The highest BCUT2D eigenvalue weighted by Crippen LogP contribution is 2.37. The number of carbonyl (C=O) groups excluding carboxylic acids is 3. The predicted molar refractivity (Wildman–Crippen MR) is 114 cm³/mol. The van der Waals surface area contributed by atoms with E-state index in [4.69, 9.17) is 0 Å². The summed E-state index contributed by atoms with van der Waals surface area (Å²) in [6, 6.07) is 2.19. The number of hydrogen-bond donors (Lipinski definition) is 0. The Morgan fingerprint density at radius 2 is 1.79 bits per heavy atom. The van der Waals surface area contributed by atoms with Crippen LogP contribution < -0.4 is 0 Å². The number of fused-ring (bicyclic) bond motifs is 1. The molecule has 0 aromatic heterocycles. The second-order valence-corrected chi connectivity index (χ2v) is 8.82. The van der Waals surface area contributed by atoms with Crippen LogP contribution in [0, 0.1) is 38.5 Å². The van der Waals surface area contributed by atoms with Crippen molar-refractivity contribution in [3.63, 3.8) is 0 Å². The Morgan fingerprint density at radius 3 is 2.36 bits per heavy atom. The van der Waals surface area contributed by atoms with E-state index in [2.05, 4.69) is 33.8 Å². The van der Waals surface area contributed by atoms with Gasteiger partial charge >= 0.3 is 0 Å². The van der Waals surface area contributed by atoms with Gasteiger partial charge in [-0.2, -0.15) is 0 Å². The zero-order chi connectivity index (χ0) is 21.0. The lowest BCUT2D eigenvalue weighted by Crippen LogP contribution is -2.30. The third-order valence-electron chi connectivity index (χ3n) is 6.64. The van der Waals surface area contributed by atoms with E-state index in [9.17, 15) is 14.4 Å². The third kappa shape index (κ3) is 4.98. The molecule has 3 unspecified atom stereocenters. The monoisotopic (exact) mass is 384 g/mol. The molecule has 1 aromatic rings. The summed E-state index contributed by atoms with van der Waals surface area (Å²) in [5.74, 6) is 0.762. The van der Waals surface area contributed by atoms with Gasteiger partial charge in [-0.05, 0) is 81.0 Å². The minimum absolute atomic E-state index is 0.0445. The number of carbonyl (C=O) groups is 3. The quantitative estimate of drug-likeness (QED) is 0.510. The van der Waals surface area contributed by atoms with E-state index >= 15 is 0 Å². The summed E-state index contributed by atoms with van der Waals surface area (Å²) in [6.07, 6.45) is 5.20.